The highest BCUT2D eigenvalue weighted by molar-refractivity contribution is 5.20. The van der Waals surface area contributed by atoms with Crippen LogP contribution in [0.1, 0.15) is 63.3 Å². The van der Waals surface area contributed by atoms with Crippen molar-refractivity contribution < 1.29 is 0 Å². The summed E-state index contributed by atoms with van der Waals surface area (Å²) in [5.74, 6) is 0.715. The monoisotopic (exact) mass is 246 g/mol. The van der Waals surface area contributed by atoms with Gasteiger partial charge in [0, 0.05) is 17.9 Å². The lowest BCUT2D eigenvalue weighted by Gasteiger charge is -2.37. The molecular formula is C16H26N2. The van der Waals surface area contributed by atoms with E-state index in [4.69, 9.17) is 5.73 Å². The Morgan fingerprint density at radius 2 is 1.94 bits per heavy atom. The number of hydrogen-bond acceptors (Lipinski definition) is 2. The van der Waals surface area contributed by atoms with Gasteiger partial charge >= 0.3 is 0 Å². The van der Waals surface area contributed by atoms with E-state index in [1.54, 1.807) is 0 Å². The molecule has 1 aromatic rings. The van der Waals surface area contributed by atoms with Crippen LogP contribution in [-0.4, -0.2) is 4.98 Å². The topological polar surface area (TPSA) is 38.9 Å². The number of nitrogens with two attached hydrogens (primary N) is 1. The summed E-state index contributed by atoms with van der Waals surface area (Å²) in [6, 6.07) is 4.39. The highest BCUT2D eigenvalue weighted by Gasteiger charge is 2.40. The minimum Gasteiger partial charge on any atom is -0.323 e. The summed E-state index contributed by atoms with van der Waals surface area (Å²) in [6.45, 7) is 6.63. The van der Waals surface area contributed by atoms with Crippen LogP contribution in [0.3, 0.4) is 0 Å². The van der Waals surface area contributed by atoms with Crippen LogP contribution in [0, 0.1) is 18.3 Å². The molecule has 100 valence electrons. The molecule has 0 radical (unpaired) electrons. The lowest BCUT2D eigenvalue weighted by Crippen LogP contribution is -2.33. The van der Waals surface area contributed by atoms with Crippen LogP contribution >= 0.6 is 0 Å². The van der Waals surface area contributed by atoms with E-state index < -0.39 is 0 Å². The lowest BCUT2D eigenvalue weighted by atomic mass is 9.71. The number of nitrogens with zero attached hydrogens (tertiary/aromatic N) is 1. The minimum absolute atomic E-state index is 0.149. The van der Waals surface area contributed by atoms with Gasteiger partial charge in [-0.2, -0.15) is 0 Å². The summed E-state index contributed by atoms with van der Waals surface area (Å²) in [4.78, 5) is 4.40. The molecule has 1 unspecified atom stereocenters. The largest absolute Gasteiger partial charge is 0.323 e. The second-order valence-corrected chi connectivity index (χ2v) is 6.38. The molecule has 2 N–H and O–H groups in total. The van der Waals surface area contributed by atoms with Gasteiger partial charge in [-0.05, 0) is 49.1 Å². The van der Waals surface area contributed by atoms with Crippen molar-refractivity contribution in [2.24, 2.45) is 17.1 Å². The van der Waals surface area contributed by atoms with E-state index in [0.29, 0.717) is 11.3 Å². The number of pyridine rings is 1. The first kappa shape index (κ1) is 13.5. The summed E-state index contributed by atoms with van der Waals surface area (Å²) in [6.07, 6.45) is 8.43. The third-order valence-electron chi connectivity index (χ3n) is 4.37. The molecule has 1 saturated carbocycles. The Hall–Kier alpha value is -0.890. The molecule has 2 heteroatoms. The summed E-state index contributed by atoms with van der Waals surface area (Å²) in [5.41, 5.74) is 9.18. The van der Waals surface area contributed by atoms with Crippen molar-refractivity contribution >= 4 is 0 Å². The lowest BCUT2D eigenvalue weighted by molar-refractivity contribution is 0.183. The van der Waals surface area contributed by atoms with Gasteiger partial charge in [0.05, 0.1) is 0 Å². The van der Waals surface area contributed by atoms with Crippen molar-refractivity contribution in [1.29, 1.82) is 0 Å². The van der Waals surface area contributed by atoms with Gasteiger partial charge in [0.25, 0.3) is 0 Å². The normalized spacial score (nSPS) is 20.3. The van der Waals surface area contributed by atoms with E-state index in [2.05, 4.69) is 31.0 Å². The molecule has 0 aliphatic heterocycles. The van der Waals surface area contributed by atoms with E-state index >= 15 is 0 Å². The first-order chi connectivity index (χ1) is 8.53. The zero-order valence-electron chi connectivity index (χ0n) is 11.9. The predicted octanol–water partition coefficient (Wildman–Crippen LogP) is 4.00. The summed E-state index contributed by atoms with van der Waals surface area (Å²) < 4.78 is 0. The zero-order valence-corrected chi connectivity index (χ0v) is 11.9. The standard InChI is InChI=1S/C16H26N2/c1-12(2)10-16(8-4-5-9-16)15(17)14-7-6-13(3)18-11-14/h6-7,11-12,15H,4-5,8-10,17H2,1-3H3. The molecule has 1 aliphatic carbocycles. The maximum atomic E-state index is 6.59. The highest BCUT2D eigenvalue weighted by Crippen LogP contribution is 2.50. The number of rotatable bonds is 4. The third kappa shape index (κ3) is 2.74. The first-order valence-electron chi connectivity index (χ1n) is 7.22. The smallest absolute Gasteiger partial charge is 0.0372 e. The summed E-state index contributed by atoms with van der Waals surface area (Å²) in [7, 11) is 0. The maximum absolute atomic E-state index is 6.59. The Morgan fingerprint density at radius 1 is 1.28 bits per heavy atom. The van der Waals surface area contributed by atoms with Gasteiger partial charge in [0.2, 0.25) is 0 Å². The molecule has 0 spiro atoms. The Kier molecular flexibility index (Phi) is 4.06. The van der Waals surface area contributed by atoms with Gasteiger partial charge < -0.3 is 5.73 Å². The van der Waals surface area contributed by atoms with Gasteiger partial charge in [-0.25, -0.2) is 0 Å². The van der Waals surface area contributed by atoms with Crippen LogP contribution in [0.15, 0.2) is 18.3 Å². The van der Waals surface area contributed by atoms with Crippen molar-refractivity contribution in [1.82, 2.24) is 4.98 Å². The summed E-state index contributed by atoms with van der Waals surface area (Å²) in [5, 5.41) is 0. The van der Waals surface area contributed by atoms with Crippen LogP contribution in [0.5, 0.6) is 0 Å². The van der Waals surface area contributed by atoms with Crippen molar-refractivity contribution in [2.75, 3.05) is 0 Å². The summed E-state index contributed by atoms with van der Waals surface area (Å²) >= 11 is 0. The van der Waals surface area contributed by atoms with Crippen LogP contribution < -0.4 is 5.73 Å². The number of hydrogen-bond donors (Lipinski definition) is 1. The molecular weight excluding hydrogens is 220 g/mol. The van der Waals surface area contributed by atoms with Crippen molar-refractivity contribution in [2.45, 2.75) is 58.9 Å². The predicted molar refractivity (Wildman–Crippen MR) is 76.3 cm³/mol. The van der Waals surface area contributed by atoms with E-state index in [0.717, 1.165) is 5.69 Å². The molecule has 2 nitrogen and oxygen atoms in total. The Balaban J connectivity index is 2.22. The second-order valence-electron chi connectivity index (χ2n) is 6.38. The quantitative estimate of drug-likeness (QED) is 0.872. The minimum atomic E-state index is 0.149. The van der Waals surface area contributed by atoms with Gasteiger partial charge in [-0.15, -0.1) is 0 Å². The third-order valence-corrected chi connectivity index (χ3v) is 4.37. The van der Waals surface area contributed by atoms with E-state index in [-0.39, 0.29) is 6.04 Å². The van der Waals surface area contributed by atoms with Gasteiger partial charge in [-0.3, -0.25) is 4.98 Å². The number of aryl methyl sites for hydroxylation is 1. The van der Waals surface area contributed by atoms with Gasteiger partial charge in [0.1, 0.15) is 0 Å². The van der Waals surface area contributed by atoms with Crippen LogP contribution in [0.25, 0.3) is 0 Å². The molecule has 0 saturated heterocycles. The fraction of sp³-hybridized carbons (Fsp3) is 0.688. The maximum Gasteiger partial charge on any atom is 0.0372 e. The van der Waals surface area contributed by atoms with Crippen molar-refractivity contribution in [3.05, 3.63) is 29.6 Å². The fourth-order valence-electron chi connectivity index (χ4n) is 3.55. The fourth-order valence-corrected chi connectivity index (χ4v) is 3.55. The Bertz CT molecular complexity index is 375. The molecule has 1 aliphatic rings. The molecule has 1 atom stereocenters. The molecule has 1 heterocycles. The molecule has 2 rings (SSSR count). The highest BCUT2D eigenvalue weighted by atomic mass is 14.7. The SMILES string of the molecule is Cc1ccc(C(N)C2(CC(C)C)CCCC2)cn1. The second kappa shape index (κ2) is 5.40. The van der Waals surface area contributed by atoms with Gasteiger partial charge in [-0.1, -0.05) is 32.8 Å². The van der Waals surface area contributed by atoms with E-state index in [1.807, 2.05) is 13.1 Å². The molecule has 18 heavy (non-hydrogen) atoms. The molecule has 0 bridgehead atoms. The molecule has 0 amide bonds. The van der Waals surface area contributed by atoms with E-state index in [1.165, 1.54) is 37.7 Å². The average molecular weight is 246 g/mol. The van der Waals surface area contributed by atoms with E-state index in [9.17, 15) is 0 Å². The van der Waals surface area contributed by atoms with Crippen LogP contribution in [0.2, 0.25) is 0 Å². The number of aromatic nitrogens is 1. The van der Waals surface area contributed by atoms with Crippen molar-refractivity contribution in [3.8, 4) is 0 Å². The average Bonchev–Trinajstić information content (AvgIpc) is 2.78. The Morgan fingerprint density at radius 3 is 2.44 bits per heavy atom. The molecule has 1 fully saturated rings. The van der Waals surface area contributed by atoms with Crippen LogP contribution in [0.4, 0.5) is 0 Å². The van der Waals surface area contributed by atoms with Crippen molar-refractivity contribution in [3.63, 3.8) is 0 Å². The molecule has 0 aromatic carbocycles. The first-order valence-corrected chi connectivity index (χ1v) is 7.22. The zero-order chi connectivity index (χ0) is 13.2. The Labute approximate surface area is 111 Å². The molecule has 1 aromatic heterocycles. The van der Waals surface area contributed by atoms with Crippen LogP contribution in [-0.2, 0) is 0 Å². The van der Waals surface area contributed by atoms with Gasteiger partial charge in [0.15, 0.2) is 0 Å².